The van der Waals surface area contributed by atoms with Crippen LogP contribution in [0.3, 0.4) is 0 Å². The Labute approximate surface area is 37.4 Å². The second kappa shape index (κ2) is 3.80. The number of hydrogen-bond acceptors (Lipinski definition) is 1. The van der Waals surface area contributed by atoms with Crippen molar-refractivity contribution in [2.75, 3.05) is 0 Å². The highest BCUT2D eigenvalue weighted by atomic mass is 32.7. The van der Waals surface area contributed by atoms with Gasteiger partial charge in [-0.15, -0.1) is 0 Å². The molecule has 0 N–H and O–H groups in total. The van der Waals surface area contributed by atoms with Crippen molar-refractivity contribution in [3.8, 4) is 0 Å². The van der Waals surface area contributed by atoms with Gasteiger partial charge in [0.25, 0.3) is 0 Å². The van der Waals surface area contributed by atoms with Gasteiger partial charge in [0.1, 0.15) is 0 Å². The molecule has 0 aromatic carbocycles. The van der Waals surface area contributed by atoms with Gasteiger partial charge in [-0.25, -0.2) is 0 Å². The minimum Gasteiger partial charge on any atom is -0.192 e. The number of hydrogen-bond donors (Lipinski definition) is 2. The lowest BCUT2D eigenvalue weighted by Gasteiger charge is -1.48. The summed E-state index contributed by atoms with van der Waals surface area (Å²) in [6.45, 7) is 0. The lowest BCUT2D eigenvalue weighted by atomic mass is 13.9. The molecule has 0 amide bonds. The van der Waals surface area contributed by atoms with Crippen LogP contribution >= 0.6 is 32.6 Å². The summed E-state index contributed by atoms with van der Waals surface area (Å²) in [7, 11) is 0.682. The highest BCUT2D eigenvalue weighted by Gasteiger charge is 1.36. The van der Waals surface area contributed by atoms with E-state index in [9.17, 15) is 0 Å². The molecule has 0 atom stereocenters. The first-order valence-electron chi connectivity index (χ1n) is 0.600. The first-order chi connectivity index (χ1) is 1.91. The minimum atomic E-state index is 0.682. The van der Waals surface area contributed by atoms with Crippen molar-refractivity contribution in [2.24, 2.45) is 4.15 Å². The van der Waals surface area contributed by atoms with Crippen molar-refractivity contribution in [3.63, 3.8) is 0 Å². The van der Waals surface area contributed by atoms with Crippen LogP contribution in [0.25, 0.3) is 0 Å². The second-order valence-corrected chi connectivity index (χ2v) is 1.61. The molecule has 0 spiro atoms. The topological polar surface area (TPSA) is 12.4 Å². The summed E-state index contributed by atoms with van der Waals surface area (Å²) in [6.07, 6.45) is 0. The maximum Gasteiger partial charge on any atom is 0.0846 e. The van der Waals surface area contributed by atoms with Crippen LogP contribution in [0.2, 0.25) is 0 Å². The summed E-state index contributed by atoms with van der Waals surface area (Å²) >= 11 is 7.11. The highest BCUT2D eigenvalue weighted by molar-refractivity contribution is 8.35. The fraction of sp³-hybridized carbons (Fsp3) is 0. The van der Waals surface area contributed by atoms with Crippen LogP contribution in [-0.2, 0) is 0 Å². The van der Waals surface area contributed by atoms with E-state index in [1.807, 2.05) is 0 Å². The SMILES string of the molecule is SN=PS. The average Bonchev–Trinajstić information content (AvgIpc) is 1.37. The van der Waals surface area contributed by atoms with Crippen LogP contribution < -0.4 is 0 Å². The van der Waals surface area contributed by atoms with Gasteiger partial charge in [0.15, 0.2) is 0 Å². The lowest BCUT2D eigenvalue weighted by molar-refractivity contribution is 2.14. The number of nitrogens with zero attached hydrogens (tertiary/aromatic N) is 1. The Bertz CT molecular complexity index is 21.2. The molecule has 0 radical (unpaired) electrons. The van der Waals surface area contributed by atoms with Gasteiger partial charge in [-0.2, -0.15) is 4.15 Å². The van der Waals surface area contributed by atoms with Crippen LogP contribution in [0.4, 0.5) is 0 Å². The fourth-order valence-corrected chi connectivity index (χ4v) is 0. The summed E-state index contributed by atoms with van der Waals surface area (Å²) in [5.74, 6) is 0. The third-order valence-corrected chi connectivity index (χ3v) is 1.08. The molecule has 0 rings (SSSR count). The summed E-state index contributed by atoms with van der Waals surface area (Å²) in [4.78, 5) is 0. The third kappa shape index (κ3) is 2.80. The van der Waals surface area contributed by atoms with Gasteiger partial charge in [-0.05, 0) is 12.8 Å². The van der Waals surface area contributed by atoms with Crippen molar-refractivity contribution >= 4 is 32.6 Å². The van der Waals surface area contributed by atoms with E-state index >= 15 is 0 Å². The summed E-state index contributed by atoms with van der Waals surface area (Å²) in [6, 6.07) is 0. The molecular formula is H2NPS2. The third-order valence-electron chi connectivity index (χ3n) is 0.0400. The predicted octanol–water partition coefficient (Wildman–Crippen LogP) is 1.81. The maximum absolute atomic E-state index is 3.65. The Hall–Kier alpha value is 0.800. The Morgan fingerprint density at radius 3 is 2.00 bits per heavy atom. The van der Waals surface area contributed by atoms with Gasteiger partial charge in [-0.3, -0.25) is 0 Å². The normalized spacial score (nSPS) is 9.50. The van der Waals surface area contributed by atoms with E-state index in [1.165, 1.54) is 0 Å². The molecule has 0 aliphatic rings. The lowest BCUT2D eigenvalue weighted by Crippen LogP contribution is -0.905. The summed E-state index contributed by atoms with van der Waals surface area (Å²) in [5.41, 5.74) is 0. The fourth-order valence-electron chi connectivity index (χ4n) is 0. The summed E-state index contributed by atoms with van der Waals surface area (Å²) in [5, 5.41) is 0. The number of rotatable bonds is 0. The Morgan fingerprint density at radius 1 is 1.75 bits per heavy atom. The van der Waals surface area contributed by atoms with E-state index in [4.69, 9.17) is 0 Å². The minimum absolute atomic E-state index is 0.682. The Kier molecular flexibility index (Phi) is 4.56. The molecular weight excluding hydrogens is 109 g/mol. The van der Waals surface area contributed by atoms with Gasteiger partial charge >= 0.3 is 0 Å². The zero-order valence-electron chi connectivity index (χ0n) is 1.79. The molecule has 0 fully saturated rings. The van der Waals surface area contributed by atoms with Crippen LogP contribution in [0, 0.1) is 0 Å². The zero-order valence-corrected chi connectivity index (χ0v) is 4.47. The maximum atomic E-state index is 3.65. The van der Waals surface area contributed by atoms with Gasteiger partial charge in [0, 0.05) is 0 Å². The molecule has 0 unspecified atom stereocenters. The smallest absolute Gasteiger partial charge is 0.0846 e. The predicted molar refractivity (Wildman–Crippen MR) is 27.3 cm³/mol. The van der Waals surface area contributed by atoms with Gasteiger partial charge in [0.2, 0.25) is 0 Å². The van der Waals surface area contributed by atoms with Crippen LogP contribution in [-0.4, -0.2) is 0 Å². The average molecular weight is 111 g/mol. The van der Waals surface area contributed by atoms with Crippen LogP contribution in [0.15, 0.2) is 4.15 Å². The molecule has 0 saturated carbocycles. The monoisotopic (exact) mass is 111 g/mol. The molecule has 4 heavy (non-hydrogen) atoms. The van der Waals surface area contributed by atoms with E-state index in [1.54, 1.807) is 0 Å². The molecule has 0 bridgehead atoms. The zero-order chi connectivity index (χ0) is 3.41. The van der Waals surface area contributed by atoms with Crippen molar-refractivity contribution < 1.29 is 0 Å². The number of thiol groups is 2. The molecule has 1 nitrogen and oxygen atoms in total. The highest BCUT2D eigenvalue weighted by Crippen LogP contribution is 2.03. The van der Waals surface area contributed by atoms with E-state index in [0.29, 0.717) is 7.57 Å². The Balaban J connectivity index is 2.55. The second-order valence-electron chi connectivity index (χ2n) is 0.179. The largest absolute Gasteiger partial charge is 0.192 e. The molecule has 0 aliphatic heterocycles. The molecule has 0 aromatic rings. The molecule has 0 aromatic heterocycles. The summed E-state index contributed by atoms with van der Waals surface area (Å²) < 4.78 is 3.27. The van der Waals surface area contributed by atoms with Crippen molar-refractivity contribution in [3.05, 3.63) is 0 Å². The van der Waals surface area contributed by atoms with Crippen LogP contribution in [0.1, 0.15) is 0 Å². The van der Waals surface area contributed by atoms with Crippen LogP contribution in [0.5, 0.6) is 0 Å². The molecule has 24 valence electrons. The van der Waals surface area contributed by atoms with Gasteiger partial charge in [0.05, 0.1) is 7.57 Å². The van der Waals surface area contributed by atoms with Gasteiger partial charge < -0.3 is 0 Å². The molecule has 0 saturated heterocycles. The standard InChI is InChI=1S/H2NPS2/c3-1-2-4/h3H,(H,1,4). The molecule has 0 aliphatic carbocycles. The van der Waals surface area contributed by atoms with E-state index < -0.39 is 0 Å². The first-order valence-corrected chi connectivity index (χ1v) is 3.00. The first kappa shape index (κ1) is 4.80. The van der Waals surface area contributed by atoms with E-state index in [0.717, 1.165) is 0 Å². The van der Waals surface area contributed by atoms with Crippen molar-refractivity contribution in [1.82, 2.24) is 0 Å². The van der Waals surface area contributed by atoms with E-state index in [2.05, 4.69) is 29.2 Å². The molecule has 0 heterocycles. The van der Waals surface area contributed by atoms with Crippen molar-refractivity contribution in [2.45, 2.75) is 0 Å². The Morgan fingerprint density at radius 2 is 2.00 bits per heavy atom. The quantitative estimate of drug-likeness (QED) is 0.349. The molecule has 4 heteroatoms. The van der Waals surface area contributed by atoms with Gasteiger partial charge in [-0.1, -0.05) is 12.2 Å². The van der Waals surface area contributed by atoms with E-state index in [-0.39, 0.29) is 0 Å². The van der Waals surface area contributed by atoms with Crippen molar-refractivity contribution in [1.29, 1.82) is 0 Å².